The van der Waals surface area contributed by atoms with Crippen LogP contribution in [0.4, 0.5) is 0 Å². The van der Waals surface area contributed by atoms with Gasteiger partial charge in [-0.25, -0.2) is 0 Å². The van der Waals surface area contributed by atoms with Gasteiger partial charge >= 0.3 is 0 Å². The summed E-state index contributed by atoms with van der Waals surface area (Å²) in [6, 6.07) is -2.82. The van der Waals surface area contributed by atoms with Crippen molar-refractivity contribution in [1.82, 2.24) is 5.32 Å². The van der Waals surface area contributed by atoms with E-state index in [0.29, 0.717) is 12.8 Å². The highest BCUT2D eigenvalue weighted by atomic mass is 16.7. The van der Waals surface area contributed by atoms with E-state index < -0.39 is 85.6 Å². The van der Waals surface area contributed by atoms with Gasteiger partial charge in [0, 0.05) is 18.1 Å². The molecule has 14 heteroatoms. The minimum atomic E-state index is -1.43. The predicted octanol–water partition coefficient (Wildman–Crippen LogP) is -4.98. The molecule has 2 saturated heterocycles. The van der Waals surface area contributed by atoms with E-state index in [2.05, 4.69) is 5.32 Å². The number of aliphatic hydroxyl groups excluding tert-OH is 5. The smallest absolute Gasteiger partial charge is 0.184 e. The Bertz CT molecular complexity index is 765. The molecule has 13 N–H and O–H groups in total. The number of likely N-dealkylation sites (N-methyl/N-ethyl adjacent to an activating group) is 1. The Hall–Kier alpha value is -0.560. The van der Waals surface area contributed by atoms with Gasteiger partial charge in [0.25, 0.3) is 0 Å². The van der Waals surface area contributed by atoms with Crippen LogP contribution in [0.3, 0.4) is 0 Å². The second-order valence-corrected chi connectivity index (χ2v) is 11.3. The maximum absolute atomic E-state index is 11.2. The third kappa shape index (κ3) is 5.69. The molecule has 4 rings (SSSR count). The normalized spacial score (nSPS) is 55.1. The zero-order valence-electron chi connectivity index (χ0n) is 21.2. The zero-order chi connectivity index (χ0) is 27.2. The highest BCUT2D eigenvalue weighted by Crippen LogP contribution is 2.43. The second-order valence-electron chi connectivity index (χ2n) is 11.3. The Balaban J connectivity index is 1.43. The average Bonchev–Trinajstić information content (AvgIpc) is 2.84. The lowest BCUT2D eigenvalue weighted by Crippen LogP contribution is -2.68. The van der Waals surface area contributed by atoms with E-state index >= 15 is 0 Å². The van der Waals surface area contributed by atoms with Crippen LogP contribution in [0, 0.1) is 11.8 Å². The van der Waals surface area contributed by atoms with Crippen molar-refractivity contribution >= 4 is 0 Å². The van der Waals surface area contributed by atoms with Crippen LogP contribution in [0.1, 0.15) is 26.2 Å². The van der Waals surface area contributed by atoms with E-state index in [1.807, 2.05) is 0 Å². The summed E-state index contributed by atoms with van der Waals surface area (Å²) in [5, 5.41) is 65.9. The fourth-order valence-electron chi connectivity index (χ4n) is 6.39. The summed E-state index contributed by atoms with van der Waals surface area (Å²) >= 11 is 0. The SMILES string of the molecule is CNC1CC2C(COC(OC3C(N)CC(N)C(OC4OC(CO)C(O)C(O)C4N)C3O)C2O)CC1(C)O. The number of rotatable bonds is 6. The van der Waals surface area contributed by atoms with Crippen LogP contribution in [0.15, 0.2) is 0 Å². The summed E-state index contributed by atoms with van der Waals surface area (Å²) < 4.78 is 23.3. The van der Waals surface area contributed by atoms with Crippen molar-refractivity contribution in [2.45, 2.75) is 111 Å². The average molecular weight is 537 g/mol. The fourth-order valence-corrected chi connectivity index (χ4v) is 6.39. The molecule has 216 valence electrons. The van der Waals surface area contributed by atoms with Gasteiger partial charge in [-0.3, -0.25) is 0 Å². The van der Waals surface area contributed by atoms with Crippen LogP contribution in [-0.2, 0) is 18.9 Å². The molecule has 2 aliphatic carbocycles. The molecular formula is C23H44N4O10. The molecule has 2 heterocycles. The molecular weight excluding hydrogens is 492 g/mol. The van der Waals surface area contributed by atoms with Gasteiger partial charge in [0.05, 0.1) is 24.9 Å². The molecule has 4 aliphatic rings. The molecule has 2 saturated carbocycles. The quantitative estimate of drug-likeness (QED) is 0.153. The van der Waals surface area contributed by atoms with Crippen LogP contribution in [0.25, 0.3) is 0 Å². The van der Waals surface area contributed by atoms with E-state index in [-0.39, 0.29) is 30.9 Å². The maximum atomic E-state index is 11.2. The summed E-state index contributed by atoms with van der Waals surface area (Å²) in [5.74, 6) is -0.255. The van der Waals surface area contributed by atoms with Crippen molar-refractivity contribution < 1.29 is 49.6 Å². The lowest BCUT2D eigenvalue weighted by molar-refractivity contribution is -0.314. The lowest BCUT2D eigenvalue weighted by Gasteiger charge is -2.51. The van der Waals surface area contributed by atoms with Crippen LogP contribution in [-0.4, -0.2) is 136 Å². The maximum Gasteiger partial charge on any atom is 0.184 e. The number of hydrogen-bond acceptors (Lipinski definition) is 14. The number of hydrogen-bond donors (Lipinski definition) is 10. The van der Waals surface area contributed by atoms with Gasteiger partial charge in [0.2, 0.25) is 0 Å². The molecule has 14 nitrogen and oxygen atoms in total. The van der Waals surface area contributed by atoms with Gasteiger partial charge in [-0.2, -0.15) is 0 Å². The van der Waals surface area contributed by atoms with Gasteiger partial charge in [-0.05, 0) is 45.1 Å². The number of nitrogens with two attached hydrogens (primary N) is 3. The first-order chi connectivity index (χ1) is 17.4. The number of fused-ring (bicyclic) bond motifs is 1. The van der Waals surface area contributed by atoms with Gasteiger partial charge in [0.15, 0.2) is 12.6 Å². The van der Waals surface area contributed by atoms with Crippen molar-refractivity contribution in [2.75, 3.05) is 20.3 Å². The molecule has 4 fully saturated rings. The molecule has 2 aliphatic heterocycles. The monoisotopic (exact) mass is 536 g/mol. The number of nitrogens with one attached hydrogen (secondary N) is 1. The highest BCUT2D eigenvalue weighted by Gasteiger charge is 2.53. The first-order valence-electron chi connectivity index (χ1n) is 13.0. The summed E-state index contributed by atoms with van der Waals surface area (Å²) in [7, 11) is 1.77. The summed E-state index contributed by atoms with van der Waals surface area (Å²) in [6.07, 6.45) is -9.61. The molecule has 0 radical (unpaired) electrons. The van der Waals surface area contributed by atoms with Crippen LogP contribution < -0.4 is 22.5 Å². The topological polar surface area (TPSA) is 248 Å². The Morgan fingerprint density at radius 2 is 1.54 bits per heavy atom. The molecule has 16 unspecified atom stereocenters. The summed E-state index contributed by atoms with van der Waals surface area (Å²) in [6.45, 7) is 1.46. The van der Waals surface area contributed by atoms with Crippen molar-refractivity contribution in [2.24, 2.45) is 29.0 Å². The van der Waals surface area contributed by atoms with Crippen molar-refractivity contribution in [3.8, 4) is 0 Å². The van der Waals surface area contributed by atoms with E-state index in [1.165, 1.54) is 0 Å². The standard InChI is InChI=1S/C23H44N4O10/c1-23(33)5-8-7-34-22(15(29)9(8)3-13(23)27-2)37-20-11(25)4-10(24)19(18(20)32)36-21-14(26)17(31)16(30)12(6-28)35-21/h8-22,27-33H,3-7,24-26H2,1-2H3. The summed E-state index contributed by atoms with van der Waals surface area (Å²) in [5.41, 5.74) is 17.5. The third-order valence-corrected chi connectivity index (χ3v) is 8.65. The molecule has 0 aromatic carbocycles. The van der Waals surface area contributed by atoms with Crippen LogP contribution in [0.2, 0.25) is 0 Å². The van der Waals surface area contributed by atoms with Gasteiger partial charge < -0.3 is 72.1 Å². The van der Waals surface area contributed by atoms with Gasteiger partial charge in [-0.15, -0.1) is 0 Å². The van der Waals surface area contributed by atoms with Crippen molar-refractivity contribution in [1.29, 1.82) is 0 Å². The minimum Gasteiger partial charge on any atom is -0.394 e. The third-order valence-electron chi connectivity index (χ3n) is 8.65. The van der Waals surface area contributed by atoms with Gasteiger partial charge in [0.1, 0.15) is 42.7 Å². The minimum absolute atomic E-state index is 0.0601. The Kier molecular flexibility index (Phi) is 9.15. The van der Waals surface area contributed by atoms with E-state index in [4.69, 9.17) is 36.1 Å². The van der Waals surface area contributed by atoms with Crippen molar-refractivity contribution in [3.63, 3.8) is 0 Å². The Labute approximate surface area is 216 Å². The largest absolute Gasteiger partial charge is 0.394 e. The molecule has 16 atom stereocenters. The first kappa shape index (κ1) is 29.4. The first-order valence-corrected chi connectivity index (χ1v) is 13.0. The molecule has 0 bridgehead atoms. The fraction of sp³-hybridized carbons (Fsp3) is 1.00. The Morgan fingerprint density at radius 3 is 2.14 bits per heavy atom. The van der Waals surface area contributed by atoms with Crippen LogP contribution >= 0.6 is 0 Å². The Morgan fingerprint density at radius 1 is 0.919 bits per heavy atom. The van der Waals surface area contributed by atoms with Crippen LogP contribution in [0.5, 0.6) is 0 Å². The molecule has 0 amide bonds. The molecule has 0 spiro atoms. The van der Waals surface area contributed by atoms with E-state index in [1.54, 1.807) is 14.0 Å². The highest BCUT2D eigenvalue weighted by molar-refractivity contribution is 5.03. The number of aliphatic hydroxyl groups is 6. The molecule has 0 aromatic heterocycles. The van der Waals surface area contributed by atoms with Gasteiger partial charge in [-0.1, -0.05) is 0 Å². The molecule has 0 aromatic rings. The zero-order valence-corrected chi connectivity index (χ0v) is 21.2. The summed E-state index contributed by atoms with van der Waals surface area (Å²) in [4.78, 5) is 0. The molecule has 37 heavy (non-hydrogen) atoms. The predicted molar refractivity (Wildman–Crippen MR) is 127 cm³/mol. The second kappa shape index (κ2) is 11.5. The van der Waals surface area contributed by atoms with E-state index in [9.17, 15) is 30.6 Å². The number of ether oxygens (including phenoxy) is 4. The van der Waals surface area contributed by atoms with E-state index in [0.717, 1.165) is 0 Å². The van der Waals surface area contributed by atoms with Crippen molar-refractivity contribution in [3.05, 3.63) is 0 Å². The lowest BCUT2D eigenvalue weighted by atomic mass is 9.67.